The molecule has 104 valence electrons. The molecule has 0 saturated carbocycles. The summed E-state index contributed by atoms with van der Waals surface area (Å²) in [6, 6.07) is 13.9. The maximum atomic E-state index is 12.1. The summed E-state index contributed by atoms with van der Waals surface area (Å²) >= 11 is 0. The first-order chi connectivity index (χ1) is 9.47. The molecule has 2 rings (SSSR count). The molecule has 0 spiro atoms. The summed E-state index contributed by atoms with van der Waals surface area (Å²) in [5, 5.41) is 10.8. The maximum Gasteiger partial charge on any atom is 0.409 e. The van der Waals surface area contributed by atoms with Gasteiger partial charge < -0.3 is 5.11 Å². The van der Waals surface area contributed by atoms with Gasteiger partial charge in [-0.3, -0.25) is 10.0 Å². The van der Waals surface area contributed by atoms with Crippen LogP contribution >= 0.6 is 0 Å². The monoisotopic (exact) mass is 292 g/mol. The van der Waals surface area contributed by atoms with E-state index in [4.69, 9.17) is 5.11 Å². The van der Waals surface area contributed by atoms with Crippen LogP contribution in [-0.4, -0.2) is 19.6 Å². The molecule has 0 saturated heterocycles. The molecule has 6 nitrogen and oxygen atoms in total. The van der Waals surface area contributed by atoms with Gasteiger partial charge in [-0.1, -0.05) is 24.3 Å². The highest BCUT2D eigenvalue weighted by molar-refractivity contribution is 7.92. The van der Waals surface area contributed by atoms with Gasteiger partial charge in [0.2, 0.25) is 0 Å². The molecule has 0 heterocycles. The highest BCUT2D eigenvalue weighted by atomic mass is 32.2. The van der Waals surface area contributed by atoms with E-state index in [1.807, 2.05) is 0 Å². The van der Waals surface area contributed by atoms with Crippen molar-refractivity contribution in [3.63, 3.8) is 0 Å². The Morgan fingerprint density at radius 2 is 1.60 bits per heavy atom. The van der Waals surface area contributed by atoms with Crippen molar-refractivity contribution in [3.8, 4) is 0 Å². The molecular formula is C13H12N2O4S. The van der Waals surface area contributed by atoms with Crippen molar-refractivity contribution in [2.24, 2.45) is 0 Å². The van der Waals surface area contributed by atoms with E-state index >= 15 is 0 Å². The van der Waals surface area contributed by atoms with Crippen molar-refractivity contribution in [1.82, 2.24) is 0 Å². The van der Waals surface area contributed by atoms with Crippen LogP contribution in [0.2, 0.25) is 0 Å². The molecule has 0 aliphatic rings. The number of nitrogens with one attached hydrogen (secondary N) is 2. The fraction of sp³-hybridized carbons (Fsp3) is 0. The number of anilines is 2. The van der Waals surface area contributed by atoms with E-state index in [0.717, 1.165) is 0 Å². The van der Waals surface area contributed by atoms with Crippen molar-refractivity contribution in [2.75, 3.05) is 10.0 Å². The first-order valence-corrected chi connectivity index (χ1v) is 7.13. The molecule has 1 amide bonds. The lowest BCUT2D eigenvalue weighted by molar-refractivity contribution is 0.210. The molecule has 0 radical (unpaired) electrons. The van der Waals surface area contributed by atoms with Gasteiger partial charge in [0.25, 0.3) is 10.0 Å². The predicted octanol–water partition coefficient (Wildman–Crippen LogP) is 2.58. The average Bonchev–Trinajstić information content (AvgIpc) is 2.39. The lowest BCUT2D eigenvalue weighted by Gasteiger charge is -2.09. The molecule has 7 heteroatoms. The van der Waals surface area contributed by atoms with Crippen molar-refractivity contribution < 1.29 is 18.3 Å². The molecule has 0 bridgehead atoms. The van der Waals surface area contributed by atoms with Gasteiger partial charge in [-0.25, -0.2) is 13.2 Å². The first-order valence-electron chi connectivity index (χ1n) is 5.65. The highest BCUT2D eigenvalue weighted by Crippen LogP contribution is 2.19. The van der Waals surface area contributed by atoms with Gasteiger partial charge in [0.1, 0.15) is 0 Å². The van der Waals surface area contributed by atoms with Crippen LogP contribution in [-0.2, 0) is 10.0 Å². The third-order valence-corrected chi connectivity index (χ3v) is 3.82. The van der Waals surface area contributed by atoms with Gasteiger partial charge in [-0.05, 0) is 30.3 Å². The Bertz CT molecular complexity index is 714. The molecular weight excluding hydrogens is 280 g/mol. The summed E-state index contributed by atoms with van der Waals surface area (Å²) in [5.74, 6) is 0. The second-order valence-corrected chi connectivity index (χ2v) is 5.61. The van der Waals surface area contributed by atoms with Crippen LogP contribution < -0.4 is 10.0 Å². The SMILES string of the molecule is O=C(O)Nc1cccc(NS(=O)(=O)c2ccccc2)c1. The van der Waals surface area contributed by atoms with Gasteiger partial charge in [-0.2, -0.15) is 0 Å². The minimum Gasteiger partial charge on any atom is -0.465 e. The molecule has 3 N–H and O–H groups in total. The number of carbonyl (C=O) groups is 1. The second kappa shape index (κ2) is 5.62. The summed E-state index contributed by atoms with van der Waals surface area (Å²) in [5.41, 5.74) is 0.561. The van der Waals surface area contributed by atoms with Gasteiger partial charge >= 0.3 is 6.09 Å². The fourth-order valence-corrected chi connectivity index (χ4v) is 2.67. The van der Waals surface area contributed by atoms with Crippen LogP contribution in [0.1, 0.15) is 0 Å². The molecule has 0 unspecified atom stereocenters. The Morgan fingerprint density at radius 1 is 0.950 bits per heavy atom. The van der Waals surface area contributed by atoms with Crippen molar-refractivity contribution >= 4 is 27.5 Å². The smallest absolute Gasteiger partial charge is 0.409 e. The minimum atomic E-state index is -3.68. The minimum absolute atomic E-state index is 0.136. The highest BCUT2D eigenvalue weighted by Gasteiger charge is 2.13. The fourth-order valence-electron chi connectivity index (χ4n) is 1.60. The number of carboxylic acid groups (broad SMARTS) is 1. The Kier molecular flexibility index (Phi) is 3.90. The zero-order valence-electron chi connectivity index (χ0n) is 10.3. The summed E-state index contributed by atoms with van der Waals surface area (Å²) in [6.07, 6.45) is -1.21. The number of amides is 1. The summed E-state index contributed by atoms with van der Waals surface area (Å²) < 4.78 is 26.6. The van der Waals surface area contributed by atoms with Crippen LogP contribution in [0.5, 0.6) is 0 Å². The van der Waals surface area contributed by atoms with E-state index in [0.29, 0.717) is 0 Å². The van der Waals surface area contributed by atoms with Crippen LogP contribution in [0.4, 0.5) is 16.2 Å². The van der Waals surface area contributed by atoms with Gasteiger partial charge in [0, 0.05) is 5.69 Å². The second-order valence-electron chi connectivity index (χ2n) is 3.93. The molecule has 0 atom stereocenters. The Labute approximate surface area is 116 Å². The zero-order valence-corrected chi connectivity index (χ0v) is 11.1. The van der Waals surface area contributed by atoms with Gasteiger partial charge in [-0.15, -0.1) is 0 Å². The quantitative estimate of drug-likeness (QED) is 0.807. The molecule has 0 aliphatic heterocycles. The Balaban J connectivity index is 2.24. The van der Waals surface area contributed by atoms with Crippen LogP contribution in [0.15, 0.2) is 59.5 Å². The lowest BCUT2D eigenvalue weighted by atomic mass is 10.3. The number of rotatable bonds is 4. The topological polar surface area (TPSA) is 95.5 Å². The zero-order chi connectivity index (χ0) is 14.6. The molecule has 0 aliphatic carbocycles. The van der Waals surface area contributed by atoms with E-state index in [1.54, 1.807) is 24.3 Å². The molecule has 2 aromatic rings. The van der Waals surface area contributed by atoms with Crippen molar-refractivity contribution in [1.29, 1.82) is 0 Å². The number of benzene rings is 2. The third kappa shape index (κ3) is 3.48. The van der Waals surface area contributed by atoms with Crippen LogP contribution in [0, 0.1) is 0 Å². The van der Waals surface area contributed by atoms with Gasteiger partial charge in [0.15, 0.2) is 0 Å². The van der Waals surface area contributed by atoms with Crippen molar-refractivity contribution in [2.45, 2.75) is 4.90 Å². The summed E-state index contributed by atoms with van der Waals surface area (Å²) in [4.78, 5) is 10.7. The first kappa shape index (κ1) is 13.9. The lowest BCUT2D eigenvalue weighted by Crippen LogP contribution is -2.13. The summed E-state index contributed by atoms with van der Waals surface area (Å²) in [6.45, 7) is 0. The molecule has 20 heavy (non-hydrogen) atoms. The van der Waals surface area contributed by atoms with E-state index in [-0.39, 0.29) is 16.3 Å². The van der Waals surface area contributed by atoms with Gasteiger partial charge in [0.05, 0.1) is 10.6 Å². The van der Waals surface area contributed by atoms with E-state index in [9.17, 15) is 13.2 Å². The van der Waals surface area contributed by atoms with E-state index < -0.39 is 16.1 Å². The molecule has 0 fully saturated rings. The molecule has 0 aromatic heterocycles. The van der Waals surface area contributed by atoms with Crippen molar-refractivity contribution in [3.05, 3.63) is 54.6 Å². The third-order valence-electron chi connectivity index (χ3n) is 2.42. The Morgan fingerprint density at radius 3 is 2.25 bits per heavy atom. The number of hydrogen-bond acceptors (Lipinski definition) is 3. The average molecular weight is 292 g/mol. The Hall–Kier alpha value is -2.54. The van der Waals surface area contributed by atoms with E-state index in [2.05, 4.69) is 10.0 Å². The standard InChI is InChI=1S/C13H12N2O4S/c16-13(17)14-10-5-4-6-11(9-10)15-20(18,19)12-7-2-1-3-8-12/h1-9,14-15H,(H,16,17). The number of sulfonamides is 1. The summed E-state index contributed by atoms with van der Waals surface area (Å²) in [7, 11) is -3.68. The van der Waals surface area contributed by atoms with Crippen LogP contribution in [0.25, 0.3) is 0 Å². The van der Waals surface area contributed by atoms with Crippen LogP contribution in [0.3, 0.4) is 0 Å². The largest absolute Gasteiger partial charge is 0.465 e. The predicted molar refractivity (Wildman–Crippen MR) is 75.3 cm³/mol. The normalized spacial score (nSPS) is 10.8. The van der Waals surface area contributed by atoms with E-state index in [1.165, 1.54) is 30.3 Å². The maximum absolute atomic E-state index is 12.1. The molecule has 2 aromatic carbocycles. The number of hydrogen-bond donors (Lipinski definition) is 3.